The van der Waals surface area contributed by atoms with E-state index in [1.54, 1.807) is 24.3 Å². The normalized spacial score (nSPS) is 13.5. The molecule has 2 aromatic rings. The van der Waals surface area contributed by atoms with Crippen LogP contribution in [0.4, 0.5) is 5.69 Å². The summed E-state index contributed by atoms with van der Waals surface area (Å²) in [7, 11) is 0. The standard InChI is InChI=1S/C9H9N3/c10-8-3-1-2-4-9(8)12-6-5-11-7-12/h1-7H,10H2/i5D,6D,7D. The SMILES string of the molecule is [2H]c1nc([2H])n(-c2ccccc2N)c1[2H]. The quantitative estimate of drug-likeness (QED) is 0.645. The maximum Gasteiger partial charge on any atom is 0.105 e. The van der Waals surface area contributed by atoms with Crippen LogP contribution in [0.3, 0.4) is 0 Å². The molecular formula is C9H9N3. The predicted octanol–water partition coefficient (Wildman–Crippen LogP) is 1.45. The highest BCUT2D eigenvalue weighted by molar-refractivity contribution is 5.57. The van der Waals surface area contributed by atoms with Crippen LogP contribution in [0.15, 0.2) is 42.9 Å². The number of aromatic nitrogens is 2. The third-order valence-corrected chi connectivity index (χ3v) is 1.55. The summed E-state index contributed by atoms with van der Waals surface area (Å²) in [4.78, 5) is 3.58. The summed E-state index contributed by atoms with van der Waals surface area (Å²) in [6, 6.07) is 6.89. The van der Waals surface area contributed by atoms with E-state index in [-0.39, 0.29) is 18.6 Å². The average Bonchev–Trinajstić information content (AvgIpc) is 2.43. The third-order valence-electron chi connectivity index (χ3n) is 1.55. The number of rotatable bonds is 1. The Morgan fingerprint density at radius 1 is 1.42 bits per heavy atom. The lowest BCUT2D eigenvalue weighted by atomic mass is 10.3. The second-order valence-corrected chi connectivity index (χ2v) is 2.33. The van der Waals surface area contributed by atoms with Gasteiger partial charge in [-0.15, -0.1) is 0 Å². The Morgan fingerprint density at radius 3 is 2.92 bits per heavy atom. The molecule has 0 fully saturated rings. The van der Waals surface area contributed by atoms with Gasteiger partial charge in [-0.1, -0.05) is 12.1 Å². The molecule has 1 aromatic heterocycles. The minimum Gasteiger partial charge on any atom is -0.397 e. The van der Waals surface area contributed by atoms with Gasteiger partial charge in [0.15, 0.2) is 0 Å². The van der Waals surface area contributed by atoms with Crippen LogP contribution in [0.1, 0.15) is 4.11 Å². The van der Waals surface area contributed by atoms with Crippen molar-refractivity contribution in [1.29, 1.82) is 0 Å². The van der Waals surface area contributed by atoms with E-state index in [1.165, 1.54) is 4.57 Å². The zero-order chi connectivity index (χ0) is 11.0. The van der Waals surface area contributed by atoms with Crippen molar-refractivity contribution >= 4 is 5.69 Å². The number of imidazole rings is 1. The number of para-hydroxylation sites is 2. The summed E-state index contributed by atoms with van der Waals surface area (Å²) in [5, 5.41) is 0. The second-order valence-electron chi connectivity index (χ2n) is 2.33. The fourth-order valence-electron chi connectivity index (χ4n) is 0.980. The number of nitrogens with zero attached hydrogens (tertiary/aromatic N) is 2. The zero-order valence-electron chi connectivity index (χ0n) is 9.28. The summed E-state index contributed by atoms with van der Waals surface area (Å²) in [6.45, 7) is 0. The third kappa shape index (κ3) is 1.05. The maximum atomic E-state index is 7.59. The van der Waals surface area contributed by atoms with Crippen molar-refractivity contribution in [3.63, 3.8) is 0 Å². The lowest BCUT2D eigenvalue weighted by molar-refractivity contribution is 1.06. The molecule has 12 heavy (non-hydrogen) atoms. The highest BCUT2D eigenvalue weighted by Crippen LogP contribution is 2.14. The van der Waals surface area contributed by atoms with Crippen molar-refractivity contribution in [2.45, 2.75) is 0 Å². The van der Waals surface area contributed by atoms with Gasteiger partial charge in [0.1, 0.15) is 1.37 Å². The van der Waals surface area contributed by atoms with Gasteiger partial charge in [0.05, 0.1) is 20.4 Å². The smallest absolute Gasteiger partial charge is 0.105 e. The van der Waals surface area contributed by atoms with Crippen LogP contribution in [0.5, 0.6) is 0 Å². The Hall–Kier alpha value is -1.77. The Morgan fingerprint density at radius 2 is 2.25 bits per heavy atom. The van der Waals surface area contributed by atoms with Crippen molar-refractivity contribution in [3.8, 4) is 5.69 Å². The molecule has 1 aromatic carbocycles. The molecule has 0 amide bonds. The molecule has 2 rings (SSSR count). The van der Waals surface area contributed by atoms with E-state index < -0.39 is 0 Å². The molecular weight excluding hydrogens is 150 g/mol. The molecule has 0 spiro atoms. The fourth-order valence-corrected chi connectivity index (χ4v) is 0.980. The molecule has 0 atom stereocenters. The second kappa shape index (κ2) is 2.70. The largest absolute Gasteiger partial charge is 0.397 e. The number of hydrogen-bond donors (Lipinski definition) is 1. The van der Waals surface area contributed by atoms with Crippen LogP contribution in [-0.4, -0.2) is 9.55 Å². The maximum absolute atomic E-state index is 7.59. The van der Waals surface area contributed by atoms with Gasteiger partial charge in [-0.25, -0.2) is 4.98 Å². The first-order valence-electron chi connectivity index (χ1n) is 4.98. The minimum absolute atomic E-state index is 0.127. The van der Waals surface area contributed by atoms with E-state index in [2.05, 4.69) is 4.98 Å². The van der Waals surface area contributed by atoms with Crippen LogP contribution in [0.2, 0.25) is 0 Å². The number of hydrogen-bond acceptors (Lipinski definition) is 2. The van der Waals surface area contributed by atoms with Gasteiger partial charge in [0.2, 0.25) is 0 Å². The fraction of sp³-hybridized carbons (Fsp3) is 0. The Bertz CT molecular complexity index is 507. The molecule has 3 nitrogen and oxygen atoms in total. The Kier molecular flexibility index (Phi) is 0.967. The van der Waals surface area contributed by atoms with E-state index in [1.807, 2.05) is 0 Å². The average molecular weight is 162 g/mol. The van der Waals surface area contributed by atoms with E-state index >= 15 is 0 Å². The van der Waals surface area contributed by atoms with E-state index in [4.69, 9.17) is 9.85 Å². The van der Waals surface area contributed by atoms with Gasteiger partial charge in [-0.3, -0.25) is 0 Å². The lowest BCUT2D eigenvalue weighted by Crippen LogP contribution is -1.96. The lowest BCUT2D eigenvalue weighted by Gasteiger charge is -2.04. The molecule has 0 aliphatic heterocycles. The van der Waals surface area contributed by atoms with Gasteiger partial charge >= 0.3 is 0 Å². The van der Waals surface area contributed by atoms with Gasteiger partial charge < -0.3 is 10.3 Å². The van der Waals surface area contributed by atoms with E-state index in [0.717, 1.165) is 0 Å². The van der Waals surface area contributed by atoms with Crippen molar-refractivity contribution in [3.05, 3.63) is 42.9 Å². The van der Waals surface area contributed by atoms with Gasteiger partial charge in [-0.2, -0.15) is 0 Å². The molecule has 1 heterocycles. The van der Waals surface area contributed by atoms with Gasteiger partial charge in [0, 0.05) is 12.3 Å². The topological polar surface area (TPSA) is 43.8 Å². The molecule has 0 radical (unpaired) electrons. The predicted molar refractivity (Wildman–Crippen MR) is 48.0 cm³/mol. The molecule has 0 aliphatic rings. The minimum atomic E-state index is -0.219. The van der Waals surface area contributed by atoms with Gasteiger partial charge in [-0.05, 0) is 12.1 Å². The summed E-state index contributed by atoms with van der Waals surface area (Å²) >= 11 is 0. The number of nitrogen functional groups attached to an aromatic ring is 1. The summed E-state index contributed by atoms with van der Waals surface area (Å²) in [5.74, 6) is 0. The first-order chi connectivity index (χ1) is 7.11. The number of benzene rings is 1. The van der Waals surface area contributed by atoms with Crippen molar-refractivity contribution in [2.24, 2.45) is 0 Å². The number of anilines is 1. The van der Waals surface area contributed by atoms with Crippen molar-refractivity contribution < 1.29 is 4.11 Å². The molecule has 0 bridgehead atoms. The highest BCUT2D eigenvalue weighted by Gasteiger charge is 1.97. The highest BCUT2D eigenvalue weighted by atomic mass is 15.0. The first-order valence-corrected chi connectivity index (χ1v) is 3.48. The van der Waals surface area contributed by atoms with Crippen LogP contribution in [0.25, 0.3) is 5.69 Å². The molecule has 60 valence electrons. The van der Waals surface area contributed by atoms with Gasteiger partial charge in [0.25, 0.3) is 0 Å². The Labute approximate surface area is 74.7 Å². The van der Waals surface area contributed by atoms with Crippen molar-refractivity contribution in [2.75, 3.05) is 5.73 Å². The van der Waals surface area contributed by atoms with Crippen molar-refractivity contribution in [1.82, 2.24) is 9.55 Å². The van der Waals surface area contributed by atoms with Crippen LogP contribution in [-0.2, 0) is 0 Å². The molecule has 0 unspecified atom stereocenters. The zero-order valence-corrected chi connectivity index (χ0v) is 6.28. The van der Waals surface area contributed by atoms with Crippen LogP contribution < -0.4 is 5.73 Å². The molecule has 3 heteroatoms. The molecule has 2 N–H and O–H groups in total. The first kappa shape index (κ1) is 4.30. The van der Waals surface area contributed by atoms with E-state index in [9.17, 15) is 0 Å². The summed E-state index contributed by atoms with van der Waals surface area (Å²) < 4.78 is 23.7. The molecule has 0 saturated carbocycles. The van der Waals surface area contributed by atoms with Crippen LogP contribution in [0, 0.1) is 0 Å². The molecule has 0 saturated heterocycles. The Balaban J connectivity index is 2.69. The van der Waals surface area contributed by atoms with Crippen LogP contribution >= 0.6 is 0 Å². The summed E-state index contributed by atoms with van der Waals surface area (Å²) in [5.41, 5.74) is 6.69. The molecule has 0 aliphatic carbocycles. The summed E-state index contributed by atoms with van der Waals surface area (Å²) in [6.07, 6.45) is -0.496. The monoisotopic (exact) mass is 162 g/mol. The number of nitrogens with two attached hydrogens (primary N) is 1. The van der Waals surface area contributed by atoms with E-state index in [0.29, 0.717) is 11.4 Å².